The third-order valence-corrected chi connectivity index (χ3v) is 6.65. The average Bonchev–Trinajstić information content (AvgIpc) is 3.32. The van der Waals surface area contributed by atoms with Gasteiger partial charge in [0.1, 0.15) is 23.1 Å². The smallest absolute Gasteiger partial charge is 0.270 e. The molecule has 1 fully saturated rings. The highest BCUT2D eigenvalue weighted by Gasteiger charge is 2.22. The summed E-state index contributed by atoms with van der Waals surface area (Å²) in [5, 5.41) is 6.23. The molecule has 168 valence electrons. The second-order valence-electron chi connectivity index (χ2n) is 7.79. The van der Waals surface area contributed by atoms with Crippen LogP contribution in [0.1, 0.15) is 22.4 Å². The summed E-state index contributed by atoms with van der Waals surface area (Å²) in [6, 6.07) is 18.0. The predicted molar refractivity (Wildman–Crippen MR) is 130 cm³/mol. The van der Waals surface area contributed by atoms with E-state index in [0.29, 0.717) is 23.9 Å². The van der Waals surface area contributed by atoms with Crippen LogP contribution >= 0.6 is 22.9 Å². The number of benzene rings is 2. The van der Waals surface area contributed by atoms with Gasteiger partial charge in [0, 0.05) is 54.9 Å². The zero-order valence-electron chi connectivity index (χ0n) is 18.0. The second-order valence-corrected chi connectivity index (χ2v) is 9.17. The van der Waals surface area contributed by atoms with Crippen LogP contribution in [0.4, 0.5) is 5.69 Å². The fourth-order valence-corrected chi connectivity index (χ4v) is 4.49. The van der Waals surface area contributed by atoms with Crippen LogP contribution in [0.5, 0.6) is 5.75 Å². The third-order valence-electron chi connectivity index (χ3n) is 5.58. The van der Waals surface area contributed by atoms with Crippen molar-refractivity contribution >= 4 is 34.5 Å². The number of carbonyl (C=O) groups excluding carboxylic acids is 1. The van der Waals surface area contributed by atoms with Crippen LogP contribution in [0.3, 0.4) is 0 Å². The highest BCUT2D eigenvalue weighted by Crippen LogP contribution is 2.19. The largest absolute Gasteiger partial charge is 0.486 e. The molecule has 1 N–H and O–H groups in total. The van der Waals surface area contributed by atoms with E-state index < -0.39 is 0 Å². The molecule has 1 aliphatic heterocycles. The lowest BCUT2D eigenvalue weighted by molar-refractivity contribution is 0.0929. The van der Waals surface area contributed by atoms with E-state index in [1.54, 1.807) is 17.5 Å². The van der Waals surface area contributed by atoms with Crippen molar-refractivity contribution < 1.29 is 9.53 Å². The van der Waals surface area contributed by atoms with Crippen molar-refractivity contribution in [1.82, 2.24) is 15.2 Å². The van der Waals surface area contributed by atoms with Crippen LogP contribution < -0.4 is 15.0 Å². The predicted octanol–water partition coefficient (Wildman–Crippen LogP) is 4.32. The molecule has 1 aromatic heterocycles. The van der Waals surface area contributed by atoms with Gasteiger partial charge in [0.15, 0.2) is 0 Å². The molecule has 8 heteroatoms. The van der Waals surface area contributed by atoms with Crippen molar-refractivity contribution in [2.75, 3.05) is 37.6 Å². The average molecular weight is 471 g/mol. The number of aromatic nitrogens is 1. The highest BCUT2D eigenvalue weighted by molar-refractivity contribution is 7.09. The molecule has 6 nitrogen and oxygen atoms in total. The Labute approximate surface area is 197 Å². The van der Waals surface area contributed by atoms with Gasteiger partial charge in [-0.1, -0.05) is 29.8 Å². The molecule has 0 bridgehead atoms. The molecule has 0 aliphatic carbocycles. The van der Waals surface area contributed by atoms with Crippen LogP contribution in [0.25, 0.3) is 0 Å². The molecule has 1 saturated heterocycles. The van der Waals surface area contributed by atoms with Gasteiger partial charge >= 0.3 is 0 Å². The van der Waals surface area contributed by atoms with Crippen LogP contribution in [0.15, 0.2) is 60.0 Å². The summed E-state index contributed by atoms with van der Waals surface area (Å²) < 4.78 is 5.71. The van der Waals surface area contributed by atoms with E-state index >= 15 is 0 Å². The van der Waals surface area contributed by atoms with Crippen LogP contribution in [0.2, 0.25) is 5.02 Å². The van der Waals surface area contributed by atoms with E-state index in [0.717, 1.165) is 36.9 Å². The zero-order valence-corrected chi connectivity index (χ0v) is 19.6. The van der Waals surface area contributed by atoms with Gasteiger partial charge in [-0.3, -0.25) is 9.69 Å². The topological polar surface area (TPSA) is 57.7 Å². The molecule has 3 aromatic rings. The number of amides is 1. The maximum atomic E-state index is 12.5. The molecule has 1 atom stereocenters. The number of ether oxygens (including phenoxy) is 1. The first-order valence-electron chi connectivity index (χ1n) is 10.7. The van der Waals surface area contributed by atoms with Crippen molar-refractivity contribution in [3.05, 3.63) is 75.7 Å². The minimum Gasteiger partial charge on any atom is -0.486 e. The minimum atomic E-state index is -0.145. The molecule has 32 heavy (non-hydrogen) atoms. The van der Waals surface area contributed by atoms with Crippen molar-refractivity contribution in [2.24, 2.45) is 0 Å². The Kier molecular flexibility index (Phi) is 7.63. The van der Waals surface area contributed by atoms with Crippen molar-refractivity contribution in [3.63, 3.8) is 0 Å². The Morgan fingerprint density at radius 3 is 2.56 bits per heavy atom. The molecular formula is C24H27ClN4O2S. The molecule has 1 aliphatic rings. The van der Waals surface area contributed by atoms with Gasteiger partial charge in [0.2, 0.25) is 0 Å². The maximum Gasteiger partial charge on any atom is 0.270 e. The van der Waals surface area contributed by atoms with Crippen LogP contribution in [-0.2, 0) is 6.61 Å². The Morgan fingerprint density at radius 2 is 1.84 bits per heavy atom. The van der Waals surface area contributed by atoms with E-state index in [1.165, 1.54) is 17.0 Å². The number of nitrogens with one attached hydrogen (secondary N) is 1. The Hall–Kier alpha value is -2.61. The molecule has 4 rings (SSSR count). The third kappa shape index (κ3) is 6.00. The lowest BCUT2D eigenvalue weighted by Crippen LogP contribution is -2.52. The van der Waals surface area contributed by atoms with E-state index in [4.69, 9.17) is 16.3 Å². The fraction of sp³-hybridized carbons (Fsp3) is 0.333. The summed E-state index contributed by atoms with van der Waals surface area (Å²) in [7, 11) is 0. The van der Waals surface area contributed by atoms with Gasteiger partial charge in [-0.15, -0.1) is 11.3 Å². The zero-order chi connectivity index (χ0) is 22.3. The van der Waals surface area contributed by atoms with Crippen LogP contribution in [-0.4, -0.2) is 54.6 Å². The Bertz CT molecular complexity index is 1000. The summed E-state index contributed by atoms with van der Waals surface area (Å²) in [5.74, 6) is 0.575. The number of anilines is 1. The number of halogens is 1. The molecule has 0 saturated carbocycles. The molecule has 1 unspecified atom stereocenters. The normalized spacial score (nSPS) is 15.4. The second kappa shape index (κ2) is 10.8. The van der Waals surface area contributed by atoms with Gasteiger partial charge in [-0.2, -0.15) is 0 Å². The maximum absolute atomic E-state index is 12.5. The Balaban J connectivity index is 1.20. The monoisotopic (exact) mass is 470 g/mol. The number of hydrogen-bond donors (Lipinski definition) is 1. The summed E-state index contributed by atoms with van der Waals surface area (Å²) in [6.07, 6.45) is 0. The van der Waals surface area contributed by atoms with Crippen LogP contribution in [0, 0.1) is 0 Å². The first-order valence-corrected chi connectivity index (χ1v) is 12.0. The quantitative estimate of drug-likeness (QED) is 0.531. The number of rotatable bonds is 8. The van der Waals surface area contributed by atoms with Gasteiger partial charge in [-0.05, 0) is 43.3 Å². The highest BCUT2D eigenvalue weighted by atomic mass is 35.5. The number of carbonyl (C=O) groups is 1. The summed E-state index contributed by atoms with van der Waals surface area (Å²) in [5.41, 5.74) is 1.71. The lowest BCUT2D eigenvalue weighted by Gasteiger charge is -2.39. The van der Waals surface area contributed by atoms with Crippen molar-refractivity contribution in [3.8, 4) is 5.75 Å². The molecule has 0 spiro atoms. The molecular weight excluding hydrogens is 444 g/mol. The SMILES string of the molecule is CC(CNC(=O)c1csc(COc2ccc(Cl)cc2)n1)N1CCN(c2ccccc2)CC1. The van der Waals surface area contributed by atoms with Gasteiger partial charge < -0.3 is 15.0 Å². The van der Waals surface area contributed by atoms with Gasteiger partial charge in [0.05, 0.1) is 0 Å². The van der Waals surface area contributed by atoms with Gasteiger partial charge in [0.25, 0.3) is 5.91 Å². The minimum absolute atomic E-state index is 0.145. The van der Waals surface area contributed by atoms with E-state index in [-0.39, 0.29) is 11.9 Å². The summed E-state index contributed by atoms with van der Waals surface area (Å²) in [6.45, 7) is 7.02. The van der Waals surface area contributed by atoms with E-state index in [2.05, 4.69) is 51.3 Å². The summed E-state index contributed by atoms with van der Waals surface area (Å²) >= 11 is 7.31. The van der Waals surface area contributed by atoms with Crippen molar-refractivity contribution in [1.29, 1.82) is 0 Å². The number of nitrogens with zero attached hydrogens (tertiary/aromatic N) is 3. The number of piperazine rings is 1. The summed E-state index contributed by atoms with van der Waals surface area (Å²) in [4.78, 5) is 21.8. The Morgan fingerprint density at radius 1 is 1.12 bits per heavy atom. The number of thiazole rings is 1. The lowest BCUT2D eigenvalue weighted by atomic mass is 10.2. The van der Waals surface area contributed by atoms with E-state index in [9.17, 15) is 4.79 Å². The fourth-order valence-electron chi connectivity index (χ4n) is 3.68. The van der Waals surface area contributed by atoms with Crippen molar-refractivity contribution in [2.45, 2.75) is 19.6 Å². The van der Waals surface area contributed by atoms with E-state index in [1.807, 2.05) is 18.2 Å². The molecule has 2 heterocycles. The number of hydrogen-bond acceptors (Lipinski definition) is 6. The first-order chi connectivity index (χ1) is 15.6. The first kappa shape index (κ1) is 22.6. The molecule has 2 aromatic carbocycles. The molecule has 0 radical (unpaired) electrons. The van der Waals surface area contributed by atoms with Gasteiger partial charge in [-0.25, -0.2) is 4.98 Å². The number of para-hydroxylation sites is 1. The molecule has 1 amide bonds. The standard InChI is InChI=1S/C24H27ClN4O2S/c1-18(28-11-13-29(14-12-28)20-5-3-2-4-6-20)15-26-24(30)22-17-32-23(27-22)16-31-21-9-7-19(25)8-10-21/h2-10,17-18H,11-16H2,1H3,(H,26,30).